The van der Waals surface area contributed by atoms with Crippen molar-refractivity contribution < 1.29 is 13.9 Å². The third kappa shape index (κ3) is 3.75. The predicted octanol–water partition coefficient (Wildman–Crippen LogP) is 4.40. The molecule has 0 fully saturated rings. The van der Waals surface area contributed by atoms with Gasteiger partial charge in [0, 0.05) is 17.5 Å². The highest BCUT2D eigenvalue weighted by Gasteiger charge is 2.21. The number of rotatable bonds is 5. The number of fused-ring (bicyclic) bond motifs is 1. The second-order valence-corrected chi connectivity index (χ2v) is 6.54. The summed E-state index contributed by atoms with van der Waals surface area (Å²) in [6, 6.07) is 24.0. The molecule has 0 spiro atoms. The Labute approximate surface area is 167 Å². The summed E-state index contributed by atoms with van der Waals surface area (Å²) >= 11 is 0. The number of hydrogen-bond acceptors (Lipinski definition) is 4. The second-order valence-electron chi connectivity index (χ2n) is 6.54. The first-order chi connectivity index (χ1) is 14.2. The fourth-order valence-electron chi connectivity index (χ4n) is 3.30. The first-order valence-corrected chi connectivity index (χ1v) is 9.20. The van der Waals surface area contributed by atoms with Gasteiger partial charge in [0.2, 0.25) is 5.76 Å². The number of carbonyl (C=O) groups excluding carboxylic acids is 1. The van der Waals surface area contributed by atoms with Gasteiger partial charge in [-0.25, -0.2) is 4.79 Å². The van der Waals surface area contributed by atoms with E-state index in [1.165, 1.54) is 0 Å². The van der Waals surface area contributed by atoms with Crippen molar-refractivity contribution in [1.29, 1.82) is 0 Å². The van der Waals surface area contributed by atoms with Crippen LogP contribution >= 0.6 is 0 Å². The van der Waals surface area contributed by atoms with E-state index in [4.69, 9.17) is 9.15 Å². The molecule has 0 radical (unpaired) electrons. The molecule has 0 bridgehead atoms. The van der Waals surface area contributed by atoms with Crippen LogP contribution in [0, 0.1) is 0 Å². The Morgan fingerprint density at radius 3 is 2.41 bits per heavy atom. The molecule has 29 heavy (non-hydrogen) atoms. The molecule has 1 aromatic heterocycles. The van der Waals surface area contributed by atoms with Crippen LogP contribution in [-0.2, 0) is 6.54 Å². The van der Waals surface area contributed by atoms with Crippen LogP contribution in [0.3, 0.4) is 0 Å². The van der Waals surface area contributed by atoms with Crippen molar-refractivity contribution in [1.82, 2.24) is 5.32 Å². The number of ether oxygens (including phenoxy) is 1. The largest absolute Gasteiger partial charge is 0.497 e. The Morgan fingerprint density at radius 2 is 1.66 bits per heavy atom. The molecule has 3 aromatic carbocycles. The van der Waals surface area contributed by atoms with Crippen LogP contribution in [0.1, 0.15) is 16.1 Å². The van der Waals surface area contributed by atoms with Crippen molar-refractivity contribution in [2.45, 2.75) is 6.54 Å². The van der Waals surface area contributed by atoms with Gasteiger partial charge in [0.1, 0.15) is 5.75 Å². The molecule has 4 aromatic rings. The van der Waals surface area contributed by atoms with E-state index in [2.05, 4.69) is 5.32 Å². The third-order valence-electron chi connectivity index (χ3n) is 4.69. The lowest BCUT2D eigenvalue weighted by Crippen LogP contribution is -2.25. The molecule has 1 amide bonds. The lowest BCUT2D eigenvalue weighted by Gasteiger charge is -2.12. The first kappa shape index (κ1) is 18.5. The van der Waals surface area contributed by atoms with E-state index in [0.717, 1.165) is 11.1 Å². The summed E-state index contributed by atoms with van der Waals surface area (Å²) < 4.78 is 10.7. The van der Waals surface area contributed by atoms with Crippen molar-refractivity contribution in [3.63, 3.8) is 0 Å². The third-order valence-corrected chi connectivity index (χ3v) is 4.69. The maximum Gasteiger partial charge on any atom is 0.344 e. The van der Waals surface area contributed by atoms with Crippen molar-refractivity contribution >= 4 is 16.7 Å². The minimum Gasteiger partial charge on any atom is -0.497 e. The molecule has 1 N–H and O–H groups in total. The minimum absolute atomic E-state index is 0.00259. The van der Waals surface area contributed by atoms with E-state index in [1.807, 2.05) is 66.7 Å². The maximum absolute atomic E-state index is 13.0. The van der Waals surface area contributed by atoms with E-state index in [0.29, 0.717) is 22.1 Å². The quantitative estimate of drug-likeness (QED) is 0.553. The lowest BCUT2D eigenvalue weighted by molar-refractivity contribution is 0.0920. The second kappa shape index (κ2) is 8.02. The van der Waals surface area contributed by atoms with Gasteiger partial charge in [0.15, 0.2) is 0 Å². The average molecular weight is 385 g/mol. The van der Waals surface area contributed by atoms with Crippen molar-refractivity contribution in [2.24, 2.45) is 0 Å². The summed E-state index contributed by atoms with van der Waals surface area (Å²) in [7, 11) is 1.59. The summed E-state index contributed by atoms with van der Waals surface area (Å²) in [5.74, 6) is 0.260. The van der Waals surface area contributed by atoms with Crippen molar-refractivity contribution in [3.8, 4) is 16.9 Å². The fraction of sp³-hybridized carbons (Fsp3) is 0.0833. The van der Waals surface area contributed by atoms with Gasteiger partial charge < -0.3 is 14.5 Å². The average Bonchev–Trinajstić information content (AvgIpc) is 2.78. The van der Waals surface area contributed by atoms with E-state index in [1.54, 1.807) is 19.2 Å². The van der Waals surface area contributed by atoms with Crippen LogP contribution in [-0.4, -0.2) is 13.0 Å². The zero-order valence-electron chi connectivity index (χ0n) is 15.8. The number of hydrogen-bond donors (Lipinski definition) is 1. The van der Waals surface area contributed by atoms with Gasteiger partial charge in [-0.15, -0.1) is 0 Å². The molecule has 0 aliphatic heterocycles. The van der Waals surface area contributed by atoms with E-state index in [-0.39, 0.29) is 12.3 Å². The topological polar surface area (TPSA) is 68.5 Å². The van der Waals surface area contributed by atoms with Crippen LogP contribution in [0.15, 0.2) is 88.1 Å². The Hall–Kier alpha value is -3.86. The molecule has 0 saturated carbocycles. The summed E-state index contributed by atoms with van der Waals surface area (Å²) in [6.45, 7) is 0.279. The van der Waals surface area contributed by atoms with E-state index < -0.39 is 11.5 Å². The van der Waals surface area contributed by atoms with Gasteiger partial charge >= 0.3 is 5.63 Å². The van der Waals surface area contributed by atoms with Gasteiger partial charge in [0.05, 0.1) is 12.5 Å². The highest BCUT2D eigenvalue weighted by Crippen LogP contribution is 2.30. The molecule has 1 heterocycles. The molecule has 0 atom stereocenters. The minimum atomic E-state index is -0.535. The molecular weight excluding hydrogens is 366 g/mol. The SMILES string of the molecule is COc1cccc(CNC(=O)c2oc(=O)c3ccccc3c2-c2ccccc2)c1. The molecule has 4 rings (SSSR count). The van der Waals surface area contributed by atoms with Crippen molar-refractivity contribution in [3.05, 3.63) is 101 Å². The number of benzene rings is 3. The molecule has 5 nitrogen and oxygen atoms in total. The van der Waals surface area contributed by atoms with E-state index in [9.17, 15) is 9.59 Å². The fourth-order valence-corrected chi connectivity index (χ4v) is 3.30. The highest BCUT2D eigenvalue weighted by molar-refractivity contribution is 6.07. The molecule has 5 heteroatoms. The molecule has 0 aliphatic rings. The summed E-state index contributed by atoms with van der Waals surface area (Å²) in [6.07, 6.45) is 0. The first-order valence-electron chi connectivity index (χ1n) is 9.20. The lowest BCUT2D eigenvalue weighted by atomic mass is 9.98. The van der Waals surface area contributed by atoms with Crippen LogP contribution in [0.2, 0.25) is 0 Å². The molecule has 0 unspecified atom stereocenters. The van der Waals surface area contributed by atoms with Crippen molar-refractivity contribution in [2.75, 3.05) is 7.11 Å². The molecule has 0 aliphatic carbocycles. The predicted molar refractivity (Wildman–Crippen MR) is 112 cm³/mol. The van der Waals surface area contributed by atoms with Gasteiger partial charge in [0.25, 0.3) is 5.91 Å². The highest BCUT2D eigenvalue weighted by atomic mass is 16.5. The van der Waals surface area contributed by atoms with Gasteiger partial charge in [-0.2, -0.15) is 0 Å². The van der Waals surface area contributed by atoms with Crippen LogP contribution in [0.4, 0.5) is 0 Å². The number of nitrogens with one attached hydrogen (secondary N) is 1. The zero-order chi connectivity index (χ0) is 20.2. The normalized spacial score (nSPS) is 10.7. The summed E-state index contributed by atoms with van der Waals surface area (Å²) in [4.78, 5) is 25.5. The Bertz CT molecular complexity index is 1230. The Balaban J connectivity index is 1.76. The smallest absolute Gasteiger partial charge is 0.344 e. The van der Waals surface area contributed by atoms with Gasteiger partial charge in [-0.3, -0.25) is 4.79 Å². The Kier molecular flexibility index (Phi) is 5.12. The van der Waals surface area contributed by atoms with Gasteiger partial charge in [-0.05, 0) is 29.3 Å². The van der Waals surface area contributed by atoms with Crippen LogP contribution < -0.4 is 15.7 Å². The molecule has 0 saturated heterocycles. The number of carbonyl (C=O) groups is 1. The zero-order valence-corrected chi connectivity index (χ0v) is 15.8. The number of amides is 1. The summed E-state index contributed by atoms with van der Waals surface area (Å²) in [5.41, 5.74) is 1.75. The maximum atomic E-state index is 13.0. The monoisotopic (exact) mass is 385 g/mol. The standard InChI is InChI=1S/C24H19NO4/c1-28-18-11-7-8-16(14-18)15-25-23(26)22-21(17-9-3-2-4-10-17)19-12-5-6-13-20(19)24(27)29-22/h2-14H,15H2,1H3,(H,25,26). The molecular formula is C24H19NO4. The van der Waals surface area contributed by atoms with Crippen LogP contribution in [0.25, 0.3) is 21.9 Å². The number of methoxy groups -OCH3 is 1. The molecule has 144 valence electrons. The summed E-state index contributed by atoms with van der Waals surface area (Å²) in [5, 5.41) is 3.96. The van der Waals surface area contributed by atoms with E-state index >= 15 is 0 Å². The van der Waals surface area contributed by atoms with Gasteiger partial charge in [-0.1, -0.05) is 60.7 Å². The van der Waals surface area contributed by atoms with Crippen LogP contribution in [0.5, 0.6) is 5.75 Å². The Morgan fingerprint density at radius 1 is 0.931 bits per heavy atom.